The van der Waals surface area contributed by atoms with Crippen LogP contribution >= 0.6 is 0 Å². The molecule has 0 amide bonds. The second-order valence-electron chi connectivity index (χ2n) is 5.15. The van der Waals surface area contributed by atoms with Crippen LogP contribution in [0.5, 0.6) is 5.75 Å². The van der Waals surface area contributed by atoms with Gasteiger partial charge in [-0.2, -0.15) is 0 Å². The highest BCUT2D eigenvalue weighted by molar-refractivity contribution is 5.29. The molecule has 108 valence electrons. The summed E-state index contributed by atoms with van der Waals surface area (Å²) in [7, 11) is 0. The van der Waals surface area contributed by atoms with Crippen LogP contribution in [-0.4, -0.2) is 23.1 Å². The van der Waals surface area contributed by atoms with Gasteiger partial charge in [0.05, 0.1) is 0 Å². The predicted molar refractivity (Wildman–Crippen MR) is 77.8 cm³/mol. The van der Waals surface area contributed by atoms with Gasteiger partial charge in [0, 0.05) is 24.2 Å². The maximum atomic E-state index is 13.9. The van der Waals surface area contributed by atoms with Gasteiger partial charge in [-0.1, -0.05) is 39.7 Å². The van der Waals surface area contributed by atoms with E-state index in [0.29, 0.717) is 11.5 Å². The molecule has 0 aliphatic carbocycles. The summed E-state index contributed by atoms with van der Waals surface area (Å²) in [4.78, 5) is 2.30. The molecular formula is C16H26FNO. The zero-order chi connectivity index (χ0) is 14.4. The molecule has 1 aromatic rings. The Kier molecular flexibility index (Phi) is 6.29. The van der Waals surface area contributed by atoms with E-state index in [9.17, 15) is 9.50 Å². The summed E-state index contributed by atoms with van der Waals surface area (Å²) in [6.45, 7) is 10.4. The minimum absolute atomic E-state index is 0.0171. The number of nitrogens with zero attached hydrogens (tertiary/aromatic N) is 1. The molecule has 0 aromatic heterocycles. The smallest absolute Gasteiger partial charge is 0.131 e. The van der Waals surface area contributed by atoms with Crippen LogP contribution in [0.2, 0.25) is 0 Å². The lowest BCUT2D eigenvalue weighted by atomic mass is 10.00. The Morgan fingerprint density at radius 3 is 2.32 bits per heavy atom. The van der Waals surface area contributed by atoms with E-state index in [1.54, 1.807) is 12.1 Å². The van der Waals surface area contributed by atoms with E-state index in [1.165, 1.54) is 6.07 Å². The lowest BCUT2D eigenvalue weighted by Gasteiger charge is -2.31. The van der Waals surface area contributed by atoms with Crippen molar-refractivity contribution in [2.24, 2.45) is 5.92 Å². The predicted octanol–water partition coefficient (Wildman–Crippen LogP) is 4.35. The fraction of sp³-hybridized carbons (Fsp3) is 0.625. The minimum atomic E-state index is -0.324. The molecule has 0 saturated heterocycles. The van der Waals surface area contributed by atoms with Crippen molar-refractivity contribution in [3.63, 3.8) is 0 Å². The maximum absolute atomic E-state index is 13.9. The van der Waals surface area contributed by atoms with Crippen molar-refractivity contribution in [3.05, 3.63) is 29.6 Å². The molecular weight excluding hydrogens is 241 g/mol. The lowest BCUT2D eigenvalue weighted by Crippen LogP contribution is -2.32. The van der Waals surface area contributed by atoms with Gasteiger partial charge >= 0.3 is 0 Å². The molecule has 1 rings (SSSR count). The highest BCUT2D eigenvalue weighted by atomic mass is 19.1. The molecule has 0 saturated carbocycles. The first-order chi connectivity index (χ1) is 9.03. The van der Waals surface area contributed by atoms with Crippen LogP contribution < -0.4 is 0 Å². The molecule has 1 aromatic carbocycles. The van der Waals surface area contributed by atoms with Crippen LogP contribution in [0.1, 0.15) is 52.1 Å². The Morgan fingerprint density at radius 1 is 1.21 bits per heavy atom. The summed E-state index contributed by atoms with van der Waals surface area (Å²) in [5.41, 5.74) is 0.658. The Hall–Kier alpha value is -1.09. The van der Waals surface area contributed by atoms with Crippen molar-refractivity contribution in [1.29, 1.82) is 0 Å². The van der Waals surface area contributed by atoms with Crippen LogP contribution in [-0.2, 0) is 0 Å². The number of aromatic hydroxyl groups is 1. The number of hydrogen-bond donors (Lipinski definition) is 1. The van der Waals surface area contributed by atoms with E-state index >= 15 is 0 Å². The van der Waals surface area contributed by atoms with Crippen molar-refractivity contribution >= 4 is 0 Å². The molecule has 2 nitrogen and oxygen atoms in total. The van der Waals surface area contributed by atoms with E-state index in [4.69, 9.17) is 0 Å². The molecule has 1 unspecified atom stereocenters. The second-order valence-corrected chi connectivity index (χ2v) is 5.15. The van der Waals surface area contributed by atoms with Gasteiger partial charge in [-0.15, -0.1) is 0 Å². The summed E-state index contributed by atoms with van der Waals surface area (Å²) in [6.07, 6.45) is 2.30. The van der Waals surface area contributed by atoms with E-state index < -0.39 is 0 Å². The first-order valence-corrected chi connectivity index (χ1v) is 7.25. The average molecular weight is 267 g/mol. The molecule has 1 N–H and O–H groups in total. The Morgan fingerprint density at radius 2 is 1.84 bits per heavy atom. The number of hydrogen-bond acceptors (Lipinski definition) is 2. The van der Waals surface area contributed by atoms with Crippen LogP contribution in [0.3, 0.4) is 0 Å². The monoisotopic (exact) mass is 267 g/mol. The van der Waals surface area contributed by atoms with Gasteiger partial charge in [-0.05, 0) is 25.5 Å². The van der Waals surface area contributed by atoms with E-state index in [2.05, 4.69) is 25.7 Å². The molecule has 0 bridgehead atoms. The van der Waals surface area contributed by atoms with Crippen molar-refractivity contribution in [2.45, 2.75) is 46.6 Å². The minimum Gasteiger partial charge on any atom is -0.508 e. The molecule has 0 fully saturated rings. The Balaban J connectivity index is 2.85. The summed E-state index contributed by atoms with van der Waals surface area (Å²) in [5.74, 6) is 0.314. The van der Waals surface area contributed by atoms with E-state index in [-0.39, 0.29) is 17.6 Å². The fourth-order valence-electron chi connectivity index (χ4n) is 2.49. The fourth-order valence-corrected chi connectivity index (χ4v) is 2.49. The molecule has 3 heteroatoms. The van der Waals surface area contributed by atoms with Crippen LogP contribution in [0.4, 0.5) is 4.39 Å². The molecule has 0 aliphatic rings. The van der Waals surface area contributed by atoms with Gasteiger partial charge in [0.15, 0.2) is 0 Å². The van der Waals surface area contributed by atoms with Crippen molar-refractivity contribution in [3.8, 4) is 5.75 Å². The maximum Gasteiger partial charge on any atom is 0.131 e. The zero-order valence-corrected chi connectivity index (χ0v) is 12.5. The normalized spacial score (nSPS) is 13.2. The lowest BCUT2D eigenvalue weighted by molar-refractivity contribution is 0.178. The number of phenols is 1. The van der Waals surface area contributed by atoms with E-state index in [1.807, 2.05) is 6.92 Å². The third-order valence-corrected chi connectivity index (χ3v) is 4.04. The molecule has 0 spiro atoms. The van der Waals surface area contributed by atoms with Gasteiger partial charge in [0.2, 0.25) is 0 Å². The molecule has 0 aliphatic heterocycles. The van der Waals surface area contributed by atoms with Crippen molar-refractivity contribution in [2.75, 3.05) is 13.1 Å². The first kappa shape index (κ1) is 16.0. The van der Waals surface area contributed by atoms with Crippen molar-refractivity contribution in [1.82, 2.24) is 4.90 Å². The summed E-state index contributed by atoms with van der Waals surface area (Å²) >= 11 is 0. The summed E-state index contributed by atoms with van der Waals surface area (Å²) in [6, 6.07) is 4.47. The van der Waals surface area contributed by atoms with Crippen molar-refractivity contribution < 1.29 is 9.50 Å². The molecule has 1 atom stereocenters. The van der Waals surface area contributed by atoms with Crippen LogP contribution in [0, 0.1) is 11.7 Å². The third-order valence-electron chi connectivity index (χ3n) is 4.04. The van der Waals surface area contributed by atoms with Crippen LogP contribution in [0.25, 0.3) is 0 Å². The number of rotatable bonds is 7. The third kappa shape index (κ3) is 4.20. The van der Waals surface area contributed by atoms with Gasteiger partial charge in [-0.3, -0.25) is 4.90 Å². The highest BCUT2D eigenvalue weighted by Crippen LogP contribution is 2.27. The SMILES string of the molecule is CCC(CC)CN(CC)C(C)c1ccc(O)cc1F. The van der Waals surface area contributed by atoms with Gasteiger partial charge in [0.1, 0.15) is 11.6 Å². The second kappa shape index (κ2) is 7.49. The first-order valence-electron chi connectivity index (χ1n) is 7.25. The standard InChI is InChI=1S/C16H26FNO/c1-5-13(6-2)11-18(7-3)12(4)15-9-8-14(19)10-16(15)17/h8-10,12-13,19H,5-7,11H2,1-4H3. The number of phenolic OH excluding ortho intramolecular Hbond substituents is 1. The number of benzene rings is 1. The highest BCUT2D eigenvalue weighted by Gasteiger charge is 2.20. The van der Waals surface area contributed by atoms with Crippen LogP contribution in [0.15, 0.2) is 18.2 Å². The quantitative estimate of drug-likeness (QED) is 0.794. The van der Waals surface area contributed by atoms with Gasteiger partial charge in [-0.25, -0.2) is 4.39 Å². The Labute approximate surface area is 116 Å². The molecule has 19 heavy (non-hydrogen) atoms. The summed E-state index contributed by atoms with van der Waals surface area (Å²) in [5, 5.41) is 9.28. The van der Waals surface area contributed by atoms with E-state index in [0.717, 1.165) is 25.9 Å². The number of halogens is 1. The Bertz CT molecular complexity index is 390. The topological polar surface area (TPSA) is 23.5 Å². The largest absolute Gasteiger partial charge is 0.508 e. The van der Waals surface area contributed by atoms with Gasteiger partial charge in [0.25, 0.3) is 0 Å². The average Bonchev–Trinajstić information content (AvgIpc) is 2.39. The van der Waals surface area contributed by atoms with Gasteiger partial charge < -0.3 is 5.11 Å². The molecule has 0 heterocycles. The molecule has 0 radical (unpaired) electrons. The zero-order valence-electron chi connectivity index (χ0n) is 12.5. The summed E-state index contributed by atoms with van der Waals surface area (Å²) < 4.78 is 13.9.